The van der Waals surface area contributed by atoms with Gasteiger partial charge in [-0.05, 0) is 36.4 Å². The normalized spacial score (nSPS) is 11.4. The van der Waals surface area contributed by atoms with Crippen LogP contribution in [0.5, 0.6) is 0 Å². The quantitative estimate of drug-likeness (QED) is 0.450. The van der Waals surface area contributed by atoms with Crippen molar-refractivity contribution < 1.29 is 13.9 Å². The fourth-order valence-corrected chi connectivity index (χ4v) is 3.47. The Hall–Kier alpha value is -3.80. The van der Waals surface area contributed by atoms with Gasteiger partial charge >= 0.3 is 5.97 Å². The van der Waals surface area contributed by atoms with Gasteiger partial charge in [0.05, 0.1) is 23.8 Å². The Bertz CT molecular complexity index is 1390. The zero-order valence-corrected chi connectivity index (χ0v) is 14.9. The molecule has 2 aromatic carbocycles. The van der Waals surface area contributed by atoms with Crippen LogP contribution in [0.4, 0.5) is 4.39 Å². The van der Waals surface area contributed by atoms with Gasteiger partial charge in [-0.2, -0.15) is 0 Å². The first-order valence-corrected chi connectivity index (χ1v) is 8.70. The molecule has 136 valence electrons. The van der Waals surface area contributed by atoms with Gasteiger partial charge in [-0.15, -0.1) is 0 Å². The summed E-state index contributed by atoms with van der Waals surface area (Å²) in [6.45, 7) is 0. The maximum Gasteiger partial charge on any atom is 0.356 e. The first-order chi connectivity index (χ1) is 13.6. The molecule has 5 nitrogen and oxygen atoms in total. The molecule has 5 rings (SSSR count). The van der Waals surface area contributed by atoms with Crippen LogP contribution in [0.25, 0.3) is 44.1 Å². The number of methoxy groups -OCH3 is 1. The number of hydrogen-bond donors (Lipinski definition) is 1. The summed E-state index contributed by atoms with van der Waals surface area (Å²) in [5, 5.41) is 2.54. The molecule has 0 saturated carbocycles. The minimum Gasteiger partial charge on any atom is -0.464 e. The molecular weight excluding hydrogens is 357 g/mol. The lowest BCUT2D eigenvalue weighted by Gasteiger charge is -2.07. The number of ether oxygens (including phenoxy) is 1. The molecule has 1 N–H and O–H groups in total. The third-order valence-electron chi connectivity index (χ3n) is 4.78. The van der Waals surface area contributed by atoms with Crippen molar-refractivity contribution in [3.63, 3.8) is 0 Å². The van der Waals surface area contributed by atoms with Crippen LogP contribution in [0.2, 0.25) is 0 Å². The molecule has 0 aliphatic heterocycles. The zero-order chi connectivity index (χ0) is 19.3. The second-order valence-corrected chi connectivity index (χ2v) is 6.47. The first kappa shape index (κ1) is 16.4. The zero-order valence-electron chi connectivity index (χ0n) is 14.9. The highest BCUT2D eigenvalue weighted by Gasteiger charge is 2.18. The third-order valence-corrected chi connectivity index (χ3v) is 4.78. The number of benzene rings is 2. The number of rotatable bonds is 2. The van der Waals surface area contributed by atoms with Crippen molar-refractivity contribution in [2.24, 2.45) is 0 Å². The summed E-state index contributed by atoms with van der Waals surface area (Å²) in [7, 11) is 1.33. The highest BCUT2D eigenvalue weighted by molar-refractivity contribution is 6.12. The summed E-state index contributed by atoms with van der Waals surface area (Å²) in [6, 6.07) is 17.5. The Kier molecular flexibility index (Phi) is 3.58. The van der Waals surface area contributed by atoms with Gasteiger partial charge in [-0.3, -0.25) is 0 Å². The first-order valence-electron chi connectivity index (χ1n) is 8.70. The number of para-hydroxylation sites is 1. The molecule has 3 heterocycles. The van der Waals surface area contributed by atoms with Crippen LogP contribution < -0.4 is 0 Å². The maximum absolute atomic E-state index is 13.5. The van der Waals surface area contributed by atoms with E-state index < -0.39 is 5.97 Å². The summed E-state index contributed by atoms with van der Waals surface area (Å²) in [5.41, 5.74) is 3.69. The van der Waals surface area contributed by atoms with E-state index >= 15 is 0 Å². The highest BCUT2D eigenvalue weighted by Crippen LogP contribution is 2.32. The molecule has 0 spiro atoms. The van der Waals surface area contributed by atoms with Gasteiger partial charge in [0.25, 0.3) is 0 Å². The van der Waals surface area contributed by atoms with Gasteiger partial charge in [0.2, 0.25) is 0 Å². The number of fused-ring (bicyclic) bond motifs is 4. The van der Waals surface area contributed by atoms with Gasteiger partial charge in [0.15, 0.2) is 0 Å². The van der Waals surface area contributed by atoms with E-state index in [1.165, 1.54) is 19.2 Å². The predicted molar refractivity (Wildman–Crippen MR) is 106 cm³/mol. The monoisotopic (exact) mass is 371 g/mol. The van der Waals surface area contributed by atoms with Crippen LogP contribution in [-0.2, 0) is 4.74 Å². The number of aromatic nitrogens is 3. The number of nitrogens with zero attached hydrogens (tertiary/aromatic N) is 2. The average molecular weight is 371 g/mol. The fourth-order valence-electron chi connectivity index (χ4n) is 3.47. The Morgan fingerprint density at radius 3 is 2.71 bits per heavy atom. The van der Waals surface area contributed by atoms with Crippen LogP contribution >= 0.6 is 0 Å². The van der Waals surface area contributed by atoms with Gasteiger partial charge in [-0.25, -0.2) is 19.2 Å². The number of H-pyrrole nitrogens is 1. The van der Waals surface area contributed by atoms with Crippen LogP contribution in [0, 0.1) is 5.82 Å². The van der Waals surface area contributed by atoms with Crippen molar-refractivity contribution in [1.82, 2.24) is 15.0 Å². The summed E-state index contributed by atoms with van der Waals surface area (Å²) >= 11 is 0. The predicted octanol–water partition coefficient (Wildman–Crippen LogP) is 4.86. The van der Waals surface area contributed by atoms with Crippen LogP contribution in [0.15, 0.2) is 60.7 Å². The largest absolute Gasteiger partial charge is 0.464 e. The third kappa shape index (κ3) is 2.50. The Morgan fingerprint density at radius 2 is 1.86 bits per heavy atom. The second kappa shape index (κ2) is 6.13. The molecule has 3 aromatic heterocycles. The molecule has 0 bridgehead atoms. The van der Waals surface area contributed by atoms with Crippen molar-refractivity contribution >= 4 is 38.7 Å². The molecule has 0 aliphatic carbocycles. The average Bonchev–Trinajstić information content (AvgIpc) is 3.10. The highest BCUT2D eigenvalue weighted by atomic mass is 19.1. The summed E-state index contributed by atoms with van der Waals surface area (Å²) < 4.78 is 18.3. The van der Waals surface area contributed by atoms with Gasteiger partial charge < -0.3 is 9.72 Å². The van der Waals surface area contributed by atoms with E-state index in [0.29, 0.717) is 22.3 Å². The van der Waals surface area contributed by atoms with E-state index in [0.717, 1.165) is 21.8 Å². The van der Waals surface area contributed by atoms with Crippen molar-refractivity contribution in [2.45, 2.75) is 0 Å². The summed E-state index contributed by atoms with van der Waals surface area (Å²) in [4.78, 5) is 24.7. The number of nitrogens with one attached hydrogen (secondary N) is 1. The number of pyridine rings is 2. The lowest BCUT2D eigenvalue weighted by atomic mass is 10.1. The van der Waals surface area contributed by atoms with Crippen molar-refractivity contribution in [1.29, 1.82) is 0 Å². The molecule has 0 aliphatic rings. The SMILES string of the molecule is COC(=O)c1cc2c([nH]c3ccccc32)c(-c2ccc3cc(F)ccc3n2)n1. The van der Waals surface area contributed by atoms with E-state index in [2.05, 4.69) is 15.0 Å². The molecular formula is C22H14FN3O2. The van der Waals surface area contributed by atoms with E-state index in [9.17, 15) is 9.18 Å². The lowest BCUT2D eigenvalue weighted by Crippen LogP contribution is -2.05. The lowest BCUT2D eigenvalue weighted by molar-refractivity contribution is 0.0594. The van der Waals surface area contributed by atoms with E-state index in [-0.39, 0.29) is 11.5 Å². The van der Waals surface area contributed by atoms with Crippen LogP contribution in [-0.4, -0.2) is 28.0 Å². The van der Waals surface area contributed by atoms with E-state index in [1.807, 2.05) is 24.3 Å². The van der Waals surface area contributed by atoms with Crippen LogP contribution in [0.3, 0.4) is 0 Å². The number of carbonyl (C=O) groups is 1. The molecule has 0 unspecified atom stereocenters. The summed E-state index contributed by atoms with van der Waals surface area (Å²) in [6.07, 6.45) is 0. The molecule has 28 heavy (non-hydrogen) atoms. The molecule has 0 atom stereocenters. The number of carbonyl (C=O) groups excluding carboxylic acids is 1. The smallest absolute Gasteiger partial charge is 0.356 e. The van der Waals surface area contributed by atoms with Crippen molar-refractivity contribution in [3.05, 3.63) is 72.2 Å². The van der Waals surface area contributed by atoms with Gasteiger partial charge in [0.1, 0.15) is 17.2 Å². The minimum absolute atomic E-state index is 0.204. The molecule has 5 aromatic rings. The van der Waals surface area contributed by atoms with Crippen molar-refractivity contribution in [3.8, 4) is 11.4 Å². The molecule has 0 fully saturated rings. The molecule has 0 saturated heterocycles. The fraction of sp³-hybridized carbons (Fsp3) is 0.0455. The minimum atomic E-state index is -0.517. The maximum atomic E-state index is 13.5. The Balaban J connectivity index is 1.84. The summed E-state index contributed by atoms with van der Waals surface area (Å²) in [5.74, 6) is -0.831. The number of hydrogen-bond acceptors (Lipinski definition) is 4. The number of halogens is 1. The number of aromatic amines is 1. The van der Waals surface area contributed by atoms with Crippen LogP contribution in [0.1, 0.15) is 10.5 Å². The second-order valence-electron chi connectivity index (χ2n) is 6.47. The van der Waals surface area contributed by atoms with E-state index in [4.69, 9.17) is 4.74 Å². The molecule has 6 heteroatoms. The standard InChI is InChI=1S/C22H14FN3O2/c1-28-22(27)19-11-15-14-4-2-3-5-17(14)25-20(15)21(26-19)18-8-6-12-10-13(23)7-9-16(12)24-18/h2-11,25H,1H3. The van der Waals surface area contributed by atoms with E-state index in [1.54, 1.807) is 24.3 Å². The van der Waals surface area contributed by atoms with Gasteiger partial charge in [-0.1, -0.05) is 24.3 Å². The molecule has 0 radical (unpaired) electrons. The topological polar surface area (TPSA) is 67.9 Å². The Labute approximate surface area is 158 Å². The molecule has 0 amide bonds. The Morgan fingerprint density at radius 1 is 1.00 bits per heavy atom. The van der Waals surface area contributed by atoms with Crippen molar-refractivity contribution in [2.75, 3.05) is 7.11 Å². The van der Waals surface area contributed by atoms with Gasteiger partial charge in [0, 0.05) is 21.7 Å². The number of esters is 1.